The zero-order chi connectivity index (χ0) is 21.0. The van der Waals surface area contributed by atoms with Crippen LogP contribution in [0, 0.1) is 0 Å². The molecule has 0 amide bonds. The molecule has 0 aliphatic rings. The van der Waals surface area contributed by atoms with E-state index in [1.54, 1.807) is 18.5 Å². The maximum atomic E-state index is 5.83. The molecule has 2 aromatic heterocycles. The number of guanidine groups is 1. The molecular weight excluding hydrogens is 398 g/mol. The van der Waals surface area contributed by atoms with E-state index < -0.39 is 0 Å². The second-order valence-corrected chi connectivity index (χ2v) is 7.02. The fourth-order valence-electron chi connectivity index (χ4n) is 2.75. The first kappa shape index (κ1) is 21.6. The first-order chi connectivity index (χ1) is 14.7. The minimum atomic E-state index is 0.490. The summed E-state index contributed by atoms with van der Waals surface area (Å²) in [5.41, 5.74) is 3.27. The number of aromatic nitrogens is 2. The average molecular weight is 424 g/mol. The number of nitrogens with zero attached hydrogens (tertiary/aromatic N) is 3. The summed E-state index contributed by atoms with van der Waals surface area (Å²) in [4.78, 5) is 13.1. The lowest BCUT2D eigenvalue weighted by molar-refractivity contribution is 0.293. The predicted molar refractivity (Wildman–Crippen MR) is 121 cm³/mol. The number of hydrogen-bond donors (Lipinski definition) is 2. The van der Waals surface area contributed by atoms with E-state index in [-0.39, 0.29) is 0 Å². The van der Waals surface area contributed by atoms with E-state index in [0.29, 0.717) is 24.2 Å². The highest BCUT2D eigenvalue weighted by Crippen LogP contribution is 2.12. The molecule has 0 fully saturated rings. The highest BCUT2D eigenvalue weighted by molar-refractivity contribution is 6.29. The van der Waals surface area contributed by atoms with Crippen molar-refractivity contribution in [3.63, 3.8) is 0 Å². The lowest BCUT2D eigenvalue weighted by Gasteiger charge is -2.11. The van der Waals surface area contributed by atoms with Crippen LogP contribution in [0.5, 0.6) is 5.88 Å². The quantitative estimate of drug-likeness (QED) is 0.309. The summed E-state index contributed by atoms with van der Waals surface area (Å²) in [5.74, 6) is 1.36. The number of halogens is 1. The van der Waals surface area contributed by atoms with Crippen LogP contribution in [-0.4, -0.2) is 29.0 Å². The van der Waals surface area contributed by atoms with Gasteiger partial charge in [-0.1, -0.05) is 48.0 Å². The Bertz CT molecular complexity index is 932. The Morgan fingerprint density at radius 1 is 1.00 bits per heavy atom. The second kappa shape index (κ2) is 11.8. The number of rotatable bonds is 9. The van der Waals surface area contributed by atoms with E-state index in [1.165, 1.54) is 0 Å². The molecule has 0 radical (unpaired) electrons. The standard InChI is InChI=1S/C23H26ClN5O/c1-2-25-23(27-13-10-18-8-9-21(24)28-15-18)29-16-20-11-12-26-22(14-20)30-17-19-6-4-3-5-7-19/h3-9,11-12,14-15H,2,10,13,16-17H2,1H3,(H2,25,27,29). The van der Waals surface area contributed by atoms with E-state index in [2.05, 4.69) is 25.6 Å². The summed E-state index contributed by atoms with van der Waals surface area (Å²) in [6.45, 7) is 4.60. The summed E-state index contributed by atoms with van der Waals surface area (Å²) < 4.78 is 5.80. The Morgan fingerprint density at radius 2 is 1.87 bits per heavy atom. The zero-order valence-electron chi connectivity index (χ0n) is 17.0. The fraction of sp³-hybridized carbons (Fsp3) is 0.261. The van der Waals surface area contributed by atoms with E-state index in [0.717, 1.165) is 42.2 Å². The Labute approximate surface area is 182 Å². The number of pyridine rings is 2. The van der Waals surface area contributed by atoms with Gasteiger partial charge in [-0.2, -0.15) is 0 Å². The molecular formula is C23H26ClN5O. The molecule has 3 rings (SSSR count). The van der Waals surface area contributed by atoms with Crippen LogP contribution in [0.25, 0.3) is 0 Å². The van der Waals surface area contributed by atoms with Crippen molar-refractivity contribution in [3.8, 4) is 5.88 Å². The van der Waals surface area contributed by atoms with Crippen molar-refractivity contribution in [2.75, 3.05) is 13.1 Å². The van der Waals surface area contributed by atoms with Gasteiger partial charge in [0.15, 0.2) is 5.96 Å². The molecule has 0 aliphatic carbocycles. The summed E-state index contributed by atoms with van der Waals surface area (Å²) in [6.07, 6.45) is 4.38. The minimum absolute atomic E-state index is 0.490. The first-order valence-electron chi connectivity index (χ1n) is 9.97. The Kier molecular flexibility index (Phi) is 8.47. The summed E-state index contributed by atoms with van der Waals surface area (Å²) in [6, 6.07) is 17.7. The average Bonchev–Trinajstić information content (AvgIpc) is 2.78. The Balaban J connectivity index is 1.52. The van der Waals surface area contributed by atoms with Gasteiger partial charge in [0.05, 0.1) is 6.54 Å². The van der Waals surface area contributed by atoms with E-state index in [4.69, 9.17) is 16.3 Å². The molecule has 156 valence electrons. The molecule has 0 bridgehead atoms. The van der Waals surface area contributed by atoms with Gasteiger partial charge in [-0.15, -0.1) is 0 Å². The van der Waals surface area contributed by atoms with Crippen molar-refractivity contribution in [2.24, 2.45) is 4.99 Å². The Morgan fingerprint density at radius 3 is 2.63 bits per heavy atom. The van der Waals surface area contributed by atoms with E-state index in [9.17, 15) is 0 Å². The molecule has 2 heterocycles. The van der Waals surface area contributed by atoms with Crippen LogP contribution in [0.3, 0.4) is 0 Å². The third-order valence-corrected chi connectivity index (χ3v) is 4.51. The SMILES string of the molecule is CCNC(=NCc1ccnc(OCc2ccccc2)c1)NCCc1ccc(Cl)nc1. The molecule has 7 heteroatoms. The first-order valence-corrected chi connectivity index (χ1v) is 10.3. The molecule has 3 aromatic rings. The number of ether oxygens (including phenoxy) is 1. The summed E-state index contributed by atoms with van der Waals surface area (Å²) >= 11 is 5.83. The van der Waals surface area contributed by atoms with Crippen molar-refractivity contribution in [1.29, 1.82) is 0 Å². The monoisotopic (exact) mass is 423 g/mol. The third-order valence-electron chi connectivity index (χ3n) is 4.29. The zero-order valence-corrected chi connectivity index (χ0v) is 17.8. The molecule has 0 unspecified atom stereocenters. The fourth-order valence-corrected chi connectivity index (χ4v) is 2.86. The van der Waals surface area contributed by atoms with Crippen molar-refractivity contribution < 1.29 is 4.74 Å². The van der Waals surface area contributed by atoms with Crippen LogP contribution in [0.1, 0.15) is 23.6 Å². The van der Waals surface area contributed by atoms with E-state index >= 15 is 0 Å². The summed E-state index contributed by atoms with van der Waals surface area (Å²) in [7, 11) is 0. The third kappa shape index (κ3) is 7.37. The Hall–Kier alpha value is -3.12. The van der Waals surface area contributed by atoms with Crippen molar-refractivity contribution in [2.45, 2.75) is 26.5 Å². The lowest BCUT2D eigenvalue weighted by Crippen LogP contribution is -2.38. The van der Waals surface area contributed by atoms with Crippen LogP contribution in [0.2, 0.25) is 5.15 Å². The number of nitrogens with one attached hydrogen (secondary N) is 2. The number of hydrogen-bond acceptors (Lipinski definition) is 4. The van der Waals surface area contributed by atoms with Gasteiger partial charge in [0.2, 0.25) is 5.88 Å². The van der Waals surface area contributed by atoms with Crippen molar-refractivity contribution in [1.82, 2.24) is 20.6 Å². The molecule has 0 saturated carbocycles. The molecule has 6 nitrogen and oxygen atoms in total. The van der Waals surface area contributed by atoms with Crippen LogP contribution in [-0.2, 0) is 19.6 Å². The van der Waals surface area contributed by atoms with Crippen molar-refractivity contribution >= 4 is 17.6 Å². The maximum Gasteiger partial charge on any atom is 0.213 e. The molecule has 1 aromatic carbocycles. The lowest BCUT2D eigenvalue weighted by atomic mass is 10.2. The largest absolute Gasteiger partial charge is 0.473 e. The van der Waals surface area contributed by atoms with Gasteiger partial charge < -0.3 is 15.4 Å². The van der Waals surface area contributed by atoms with Gasteiger partial charge in [0, 0.05) is 31.5 Å². The van der Waals surface area contributed by atoms with E-state index in [1.807, 2.05) is 55.5 Å². The van der Waals surface area contributed by atoms with Gasteiger partial charge in [0.1, 0.15) is 11.8 Å². The van der Waals surface area contributed by atoms with Crippen molar-refractivity contribution in [3.05, 3.63) is 88.8 Å². The molecule has 0 aliphatic heterocycles. The van der Waals surface area contributed by atoms with Gasteiger partial charge in [-0.05, 0) is 42.2 Å². The highest BCUT2D eigenvalue weighted by Gasteiger charge is 2.02. The van der Waals surface area contributed by atoms with Crippen LogP contribution in [0.4, 0.5) is 0 Å². The van der Waals surface area contributed by atoms with Gasteiger partial charge >= 0.3 is 0 Å². The van der Waals surface area contributed by atoms with Crippen LogP contribution in [0.15, 0.2) is 72.0 Å². The minimum Gasteiger partial charge on any atom is -0.473 e. The highest BCUT2D eigenvalue weighted by atomic mass is 35.5. The molecule has 0 spiro atoms. The topological polar surface area (TPSA) is 71.4 Å². The number of benzene rings is 1. The molecule has 0 saturated heterocycles. The normalized spacial score (nSPS) is 11.2. The maximum absolute atomic E-state index is 5.83. The second-order valence-electron chi connectivity index (χ2n) is 6.64. The van der Waals surface area contributed by atoms with Gasteiger partial charge in [-0.25, -0.2) is 15.0 Å². The van der Waals surface area contributed by atoms with Gasteiger partial charge in [-0.3, -0.25) is 0 Å². The predicted octanol–water partition coefficient (Wildman–Crippen LogP) is 4.01. The van der Waals surface area contributed by atoms with Crippen LogP contribution < -0.4 is 15.4 Å². The molecule has 2 N–H and O–H groups in total. The van der Waals surface area contributed by atoms with Gasteiger partial charge in [0.25, 0.3) is 0 Å². The molecule has 0 atom stereocenters. The van der Waals surface area contributed by atoms with Crippen LogP contribution >= 0.6 is 11.6 Å². The smallest absolute Gasteiger partial charge is 0.213 e. The number of aliphatic imine (C=N–C) groups is 1. The molecule has 30 heavy (non-hydrogen) atoms. The summed E-state index contributed by atoms with van der Waals surface area (Å²) in [5, 5.41) is 7.12.